The quantitative estimate of drug-likeness (QED) is 0.513. The van der Waals surface area contributed by atoms with Crippen molar-refractivity contribution in [2.75, 3.05) is 13.4 Å². The van der Waals surface area contributed by atoms with E-state index in [0.717, 1.165) is 0 Å². The molecule has 174 valence electrons. The molecule has 2 aliphatic heterocycles. The Morgan fingerprint density at radius 2 is 2.00 bits per heavy atom. The van der Waals surface area contributed by atoms with Crippen molar-refractivity contribution in [3.8, 4) is 11.5 Å². The summed E-state index contributed by atoms with van der Waals surface area (Å²) >= 11 is 7.57. The first-order valence-corrected chi connectivity index (χ1v) is 11.6. The van der Waals surface area contributed by atoms with Crippen LogP contribution < -0.4 is 24.4 Å². The summed E-state index contributed by atoms with van der Waals surface area (Å²) in [4.78, 5) is 31.4. The van der Waals surface area contributed by atoms with Crippen molar-refractivity contribution in [2.24, 2.45) is 4.99 Å². The molecule has 0 fully saturated rings. The number of halogens is 2. The summed E-state index contributed by atoms with van der Waals surface area (Å²) in [5.74, 6) is 0.0702. The number of hydrogen-bond donors (Lipinski definition) is 0. The van der Waals surface area contributed by atoms with E-state index < -0.39 is 17.8 Å². The average molecular weight is 501 g/mol. The molecule has 1 atom stereocenters. The normalized spacial score (nSPS) is 16.9. The molecule has 10 heteroatoms. The third-order valence-electron chi connectivity index (χ3n) is 5.48. The van der Waals surface area contributed by atoms with Crippen LogP contribution in [0, 0.1) is 5.82 Å². The van der Waals surface area contributed by atoms with Gasteiger partial charge in [0.1, 0.15) is 5.82 Å². The van der Waals surface area contributed by atoms with Crippen LogP contribution in [-0.2, 0) is 9.53 Å². The lowest BCUT2D eigenvalue weighted by atomic mass is 9.96. The number of carbonyl (C=O) groups is 1. The Kier molecular flexibility index (Phi) is 5.75. The molecule has 0 radical (unpaired) electrons. The Labute approximate surface area is 202 Å². The van der Waals surface area contributed by atoms with Crippen molar-refractivity contribution in [1.82, 2.24) is 4.57 Å². The van der Waals surface area contributed by atoms with Gasteiger partial charge in [-0.3, -0.25) is 9.36 Å². The lowest BCUT2D eigenvalue weighted by Crippen LogP contribution is -2.39. The number of aromatic nitrogens is 1. The van der Waals surface area contributed by atoms with Gasteiger partial charge in [0.25, 0.3) is 5.56 Å². The fourth-order valence-corrected chi connectivity index (χ4v) is 5.18. The molecule has 3 heterocycles. The van der Waals surface area contributed by atoms with E-state index >= 15 is 0 Å². The van der Waals surface area contributed by atoms with Gasteiger partial charge in [0.2, 0.25) is 6.79 Å². The maximum Gasteiger partial charge on any atom is 0.338 e. The SMILES string of the molecule is CCOC(=O)C1=C(C)N=c2s/c(=C\c3cc4c(cc3Cl)OCO4)c(=O)n2[C@@H]1c1ccc(F)cc1. The molecule has 0 N–H and O–H groups in total. The highest BCUT2D eigenvalue weighted by atomic mass is 35.5. The van der Waals surface area contributed by atoms with Gasteiger partial charge in [0.05, 0.1) is 33.5 Å². The van der Waals surface area contributed by atoms with Gasteiger partial charge in [-0.15, -0.1) is 0 Å². The Morgan fingerprint density at radius 1 is 1.29 bits per heavy atom. The molecule has 0 saturated carbocycles. The van der Waals surface area contributed by atoms with E-state index in [2.05, 4.69) is 4.99 Å². The van der Waals surface area contributed by atoms with Gasteiger partial charge in [0.15, 0.2) is 16.3 Å². The fourth-order valence-electron chi connectivity index (χ4n) is 3.94. The van der Waals surface area contributed by atoms with Crippen LogP contribution in [0.2, 0.25) is 5.02 Å². The molecule has 0 spiro atoms. The summed E-state index contributed by atoms with van der Waals surface area (Å²) in [5, 5.41) is 0.397. The number of fused-ring (bicyclic) bond motifs is 2. The summed E-state index contributed by atoms with van der Waals surface area (Å²) in [6, 6.07) is 8.19. The molecule has 2 aliphatic rings. The second kappa shape index (κ2) is 8.73. The number of allylic oxidation sites excluding steroid dienone is 1. The molecular weight excluding hydrogens is 483 g/mol. The maximum absolute atomic E-state index is 13.6. The van der Waals surface area contributed by atoms with Crippen LogP contribution in [0.15, 0.2) is 57.5 Å². The van der Waals surface area contributed by atoms with Crippen LogP contribution in [0.1, 0.15) is 31.0 Å². The van der Waals surface area contributed by atoms with Crippen LogP contribution in [0.4, 0.5) is 4.39 Å². The number of benzene rings is 2. The third kappa shape index (κ3) is 3.80. The van der Waals surface area contributed by atoms with E-state index in [1.165, 1.54) is 28.0 Å². The van der Waals surface area contributed by atoms with E-state index in [1.54, 1.807) is 44.2 Å². The van der Waals surface area contributed by atoms with Gasteiger partial charge in [-0.25, -0.2) is 14.2 Å². The van der Waals surface area contributed by atoms with E-state index in [-0.39, 0.29) is 24.5 Å². The van der Waals surface area contributed by atoms with Crippen LogP contribution >= 0.6 is 22.9 Å². The molecule has 0 bridgehead atoms. The Bertz CT molecular complexity index is 1520. The zero-order chi connectivity index (χ0) is 24.0. The van der Waals surface area contributed by atoms with Gasteiger partial charge in [-0.2, -0.15) is 0 Å². The number of esters is 1. The molecule has 0 saturated heterocycles. The molecule has 34 heavy (non-hydrogen) atoms. The first kappa shape index (κ1) is 22.4. The van der Waals surface area contributed by atoms with E-state index in [9.17, 15) is 14.0 Å². The van der Waals surface area contributed by atoms with Gasteiger partial charge in [-0.1, -0.05) is 35.1 Å². The standard InChI is InChI=1S/C24H18ClFN2O5S/c1-3-31-23(30)20-12(2)27-24-28(21(20)13-4-6-15(26)7-5-13)22(29)19(34-24)9-14-8-17-18(10-16(14)25)33-11-32-17/h4-10,21H,3,11H2,1-2H3/b19-9-/t21-/m1/s1. The summed E-state index contributed by atoms with van der Waals surface area (Å²) in [6.45, 7) is 3.66. The minimum atomic E-state index is -0.815. The maximum atomic E-state index is 13.6. The minimum absolute atomic E-state index is 0.102. The summed E-state index contributed by atoms with van der Waals surface area (Å²) in [7, 11) is 0. The predicted molar refractivity (Wildman–Crippen MR) is 124 cm³/mol. The van der Waals surface area contributed by atoms with E-state index in [1.807, 2.05) is 0 Å². The zero-order valence-corrected chi connectivity index (χ0v) is 19.7. The van der Waals surface area contributed by atoms with Crippen molar-refractivity contribution in [1.29, 1.82) is 0 Å². The highest BCUT2D eigenvalue weighted by molar-refractivity contribution is 7.07. The highest BCUT2D eigenvalue weighted by Gasteiger charge is 2.33. The first-order valence-electron chi connectivity index (χ1n) is 10.4. The van der Waals surface area contributed by atoms with Gasteiger partial charge < -0.3 is 14.2 Å². The number of rotatable bonds is 4. The second-order valence-corrected chi connectivity index (χ2v) is 9.00. The Hall–Kier alpha value is -3.43. The molecule has 0 unspecified atom stereocenters. The number of carbonyl (C=O) groups excluding carboxylic acids is 1. The van der Waals surface area contributed by atoms with Crippen molar-refractivity contribution in [2.45, 2.75) is 19.9 Å². The molecule has 1 aromatic heterocycles. The van der Waals surface area contributed by atoms with Crippen LogP contribution in [0.5, 0.6) is 11.5 Å². The molecule has 3 aromatic rings. The van der Waals surface area contributed by atoms with Crippen molar-refractivity contribution in [3.63, 3.8) is 0 Å². The Balaban J connectivity index is 1.71. The average Bonchev–Trinajstić information content (AvgIpc) is 3.37. The van der Waals surface area contributed by atoms with Crippen LogP contribution in [0.3, 0.4) is 0 Å². The minimum Gasteiger partial charge on any atom is -0.463 e. The number of hydrogen-bond acceptors (Lipinski definition) is 7. The summed E-state index contributed by atoms with van der Waals surface area (Å²) in [5.41, 5.74) is 1.44. The largest absolute Gasteiger partial charge is 0.463 e. The van der Waals surface area contributed by atoms with Crippen LogP contribution in [-0.4, -0.2) is 23.9 Å². The second-order valence-electron chi connectivity index (χ2n) is 7.58. The summed E-state index contributed by atoms with van der Waals surface area (Å²) < 4.78 is 31.4. The predicted octanol–water partition coefficient (Wildman–Crippen LogP) is 3.32. The van der Waals surface area contributed by atoms with E-state index in [4.69, 9.17) is 25.8 Å². The smallest absolute Gasteiger partial charge is 0.338 e. The van der Waals surface area contributed by atoms with Crippen molar-refractivity contribution >= 4 is 35.0 Å². The third-order valence-corrected chi connectivity index (χ3v) is 6.79. The molecule has 5 rings (SSSR count). The van der Waals surface area contributed by atoms with Gasteiger partial charge >= 0.3 is 5.97 Å². The fraction of sp³-hybridized carbons (Fsp3) is 0.208. The molecule has 2 aromatic carbocycles. The topological polar surface area (TPSA) is 79.1 Å². The number of thiazole rings is 1. The number of nitrogens with zero attached hydrogens (tertiary/aromatic N) is 2. The summed E-state index contributed by atoms with van der Waals surface area (Å²) in [6.07, 6.45) is 1.65. The molecule has 7 nitrogen and oxygen atoms in total. The monoisotopic (exact) mass is 500 g/mol. The first-order chi connectivity index (χ1) is 16.4. The zero-order valence-electron chi connectivity index (χ0n) is 18.1. The molecule has 0 aliphatic carbocycles. The van der Waals surface area contributed by atoms with Crippen molar-refractivity contribution < 1.29 is 23.4 Å². The lowest BCUT2D eigenvalue weighted by molar-refractivity contribution is -0.139. The van der Waals surface area contributed by atoms with Gasteiger partial charge in [-0.05, 0) is 49.2 Å². The lowest BCUT2D eigenvalue weighted by Gasteiger charge is -2.24. The van der Waals surface area contributed by atoms with Gasteiger partial charge in [0, 0.05) is 6.07 Å². The molecular formula is C24H18ClFN2O5S. The van der Waals surface area contributed by atoms with E-state index in [0.29, 0.717) is 42.7 Å². The van der Waals surface area contributed by atoms with Crippen LogP contribution in [0.25, 0.3) is 6.08 Å². The number of ether oxygens (including phenoxy) is 3. The van der Waals surface area contributed by atoms with Crippen molar-refractivity contribution in [3.05, 3.63) is 89.3 Å². The Morgan fingerprint density at radius 3 is 2.71 bits per heavy atom. The highest BCUT2D eigenvalue weighted by Crippen LogP contribution is 2.37. The molecule has 0 amide bonds.